The van der Waals surface area contributed by atoms with Crippen molar-refractivity contribution >= 4 is 11.8 Å². The van der Waals surface area contributed by atoms with Gasteiger partial charge in [0, 0.05) is 25.7 Å². The van der Waals surface area contributed by atoms with Crippen LogP contribution in [0.3, 0.4) is 0 Å². The maximum atomic E-state index is 12.4. The molecule has 0 radical (unpaired) electrons. The molecule has 1 heterocycles. The summed E-state index contributed by atoms with van der Waals surface area (Å²) in [7, 11) is 0. The molecule has 0 saturated carbocycles. The molecular formula is C21H36N6O2. The van der Waals surface area contributed by atoms with E-state index >= 15 is 0 Å². The van der Waals surface area contributed by atoms with E-state index in [1.807, 2.05) is 39.5 Å². The predicted molar refractivity (Wildman–Crippen MR) is 111 cm³/mol. The van der Waals surface area contributed by atoms with Crippen LogP contribution in [0.1, 0.15) is 48.5 Å². The third kappa shape index (κ3) is 6.69. The zero-order chi connectivity index (χ0) is 22.4. The number of nitrogens with one attached hydrogen (secondary N) is 2. The molecule has 0 aromatic carbocycles. The van der Waals surface area contributed by atoms with Crippen molar-refractivity contribution in [3.05, 3.63) is 0 Å². The average molecular weight is 405 g/mol. The van der Waals surface area contributed by atoms with Gasteiger partial charge < -0.3 is 10.6 Å². The van der Waals surface area contributed by atoms with Crippen LogP contribution in [-0.4, -0.2) is 71.5 Å². The second-order valence-electron chi connectivity index (χ2n) is 9.09. The van der Waals surface area contributed by atoms with E-state index in [2.05, 4.69) is 27.7 Å². The number of hydrogen-bond acceptors (Lipinski definition) is 6. The van der Waals surface area contributed by atoms with Gasteiger partial charge in [-0.2, -0.15) is 10.5 Å². The fourth-order valence-electron chi connectivity index (χ4n) is 3.10. The maximum absolute atomic E-state index is 12.4. The van der Waals surface area contributed by atoms with E-state index in [9.17, 15) is 20.1 Å². The van der Waals surface area contributed by atoms with Gasteiger partial charge in [0.05, 0.1) is 25.2 Å². The SMILES string of the molecule is CC1CN(CC(=O)NC(C)(C#N)C(C)C)CCN1CC(=O)NC(C)(C#N)C(C)C. The lowest BCUT2D eigenvalue weighted by molar-refractivity contribution is -0.127. The Morgan fingerprint density at radius 3 is 1.79 bits per heavy atom. The van der Waals surface area contributed by atoms with Gasteiger partial charge in [0.1, 0.15) is 11.1 Å². The Morgan fingerprint density at radius 1 is 0.966 bits per heavy atom. The molecule has 0 aromatic heterocycles. The molecule has 1 aliphatic heterocycles. The maximum Gasteiger partial charge on any atom is 0.235 e. The second kappa shape index (κ2) is 10.0. The van der Waals surface area contributed by atoms with Crippen LogP contribution in [0.2, 0.25) is 0 Å². The van der Waals surface area contributed by atoms with Gasteiger partial charge in [0.25, 0.3) is 0 Å². The number of hydrogen-bond donors (Lipinski definition) is 2. The molecule has 0 spiro atoms. The third-order valence-corrected chi connectivity index (χ3v) is 6.14. The minimum Gasteiger partial charge on any atom is -0.337 e. The number of rotatable bonds is 8. The molecule has 0 aromatic rings. The summed E-state index contributed by atoms with van der Waals surface area (Å²) >= 11 is 0. The molecule has 29 heavy (non-hydrogen) atoms. The zero-order valence-corrected chi connectivity index (χ0v) is 18.9. The predicted octanol–water partition coefficient (Wildman–Crippen LogP) is 1.10. The minimum atomic E-state index is -0.885. The second-order valence-corrected chi connectivity index (χ2v) is 9.09. The number of amides is 2. The lowest BCUT2D eigenvalue weighted by Crippen LogP contribution is -2.59. The van der Waals surface area contributed by atoms with Crippen molar-refractivity contribution in [1.82, 2.24) is 20.4 Å². The molecule has 1 fully saturated rings. The van der Waals surface area contributed by atoms with Gasteiger partial charge >= 0.3 is 0 Å². The van der Waals surface area contributed by atoms with E-state index in [1.165, 1.54) is 0 Å². The topological polar surface area (TPSA) is 112 Å². The van der Waals surface area contributed by atoms with E-state index in [1.54, 1.807) is 13.8 Å². The van der Waals surface area contributed by atoms with Crippen molar-refractivity contribution in [3.8, 4) is 12.1 Å². The minimum absolute atomic E-state index is 0.00849. The first-order valence-electron chi connectivity index (χ1n) is 10.3. The zero-order valence-electron chi connectivity index (χ0n) is 18.9. The van der Waals surface area contributed by atoms with E-state index in [4.69, 9.17) is 0 Å². The van der Waals surface area contributed by atoms with E-state index in [0.717, 1.165) is 0 Å². The molecule has 2 N–H and O–H groups in total. The summed E-state index contributed by atoms with van der Waals surface area (Å²) in [5.74, 6) is -0.310. The highest BCUT2D eigenvalue weighted by Gasteiger charge is 2.33. The summed E-state index contributed by atoms with van der Waals surface area (Å²) in [4.78, 5) is 28.9. The van der Waals surface area contributed by atoms with Crippen molar-refractivity contribution in [2.24, 2.45) is 11.8 Å². The summed E-state index contributed by atoms with van der Waals surface area (Å²) in [6, 6.07) is 4.48. The van der Waals surface area contributed by atoms with Gasteiger partial charge in [-0.3, -0.25) is 19.4 Å². The summed E-state index contributed by atoms with van der Waals surface area (Å²) in [5, 5.41) is 24.4. The Kier molecular flexibility index (Phi) is 8.62. The van der Waals surface area contributed by atoms with Gasteiger partial charge in [0.15, 0.2) is 0 Å². The quantitative estimate of drug-likeness (QED) is 0.626. The van der Waals surface area contributed by atoms with Crippen LogP contribution in [-0.2, 0) is 9.59 Å². The highest BCUT2D eigenvalue weighted by molar-refractivity contribution is 5.80. The van der Waals surface area contributed by atoms with Crippen molar-refractivity contribution < 1.29 is 9.59 Å². The molecule has 3 unspecified atom stereocenters. The first-order chi connectivity index (χ1) is 13.4. The number of carbonyl (C=O) groups is 2. The van der Waals surface area contributed by atoms with Crippen LogP contribution in [0, 0.1) is 34.5 Å². The van der Waals surface area contributed by atoms with Crippen molar-refractivity contribution in [3.63, 3.8) is 0 Å². The highest BCUT2D eigenvalue weighted by Crippen LogP contribution is 2.17. The smallest absolute Gasteiger partial charge is 0.235 e. The van der Waals surface area contributed by atoms with Crippen molar-refractivity contribution in [2.75, 3.05) is 32.7 Å². The Morgan fingerprint density at radius 2 is 1.41 bits per heavy atom. The van der Waals surface area contributed by atoms with E-state index in [0.29, 0.717) is 19.6 Å². The Balaban J connectivity index is 2.57. The Bertz CT molecular complexity index is 680. The molecule has 1 saturated heterocycles. The first-order valence-corrected chi connectivity index (χ1v) is 10.3. The number of nitriles is 2. The van der Waals surface area contributed by atoms with E-state index < -0.39 is 11.1 Å². The molecule has 3 atom stereocenters. The molecular weight excluding hydrogens is 368 g/mol. The molecule has 1 aliphatic rings. The number of piperazine rings is 1. The fourth-order valence-corrected chi connectivity index (χ4v) is 3.10. The molecule has 0 bridgehead atoms. The lowest BCUT2D eigenvalue weighted by atomic mass is 9.90. The van der Waals surface area contributed by atoms with Crippen LogP contribution >= 0.6 is 0 Å². The molecule has 0 aliphatic carbocycles. The monoisotopic (exact) mass is 404 g/mol. The van der Waals surface area contributed by atoms with Gasteiger partial charge in [-0.05, 0) is 32.6 Å². The van der Waals surface area contributed by atoms with Gasteiger partial charge in [0.2, 0.25) is 11.8 Å². The van der Waals surface area contributed by atoms with Crippen LogP contribution in [0.15, 0.2) is 0 Å². The average Bonchev–Trinajstić information content (AvgIpc) is 2.63. The first kappa shape index (κ1) is 24.9. The Hall–Kier alpha value is -2.16. The molecule has 162 valence electrons. The van der Waals surface area contributed by atoms with Crippen LogP contribution < -0.4 is 10.6 Å². The van der Waals surface area contributed by atoms with Crippen molar-refractivity contribution in [2.45, 2.75) is 65.6 Å². The van der Waals surface area contributed by atoms with Crippen molar-refractivity contribution in [1.29, 1.82) is 10.5 Å². The van der Waals surface area contributed by atoms with Gasteiger partial charge in [-0.25, -0.2) is 0 Å². The standard InChI is InChI=1S/C21H36N6O2/c1-15(2)20(6,13-22)24-18(28)11-26-8-9-27(17(5)10-26)12-19(29)25-21(7,14-23)16(3)4/h15-17H,8-12H2,1-7H3,(H,24,28)(H,25,29). The summed E-state index contributed by atoms with van der Waals surface area (Å²) in [6.45, 7) is 15.6. The summed E-state index contributed by atoms with van der Waals surface area (Å²) in [5.41, 5.74) is -1.77. The normalized spacial score (nSPS) is 22.2. The summed E-state index contributed by atoms with van der Waals surface area (Å²) < 4.78 is 0. The lowest BCUT2D eigenvalue weighted by Gasteiger charge is -2.40. The highest BCUT2D eigenvalue weighted by atomic mass is 16.2. The Labute approximate surface area is 175 Å². The van der Waals surface area contributed by atoms with Gasteiger partial charge in [-0.15, -0.1) is 0 Å². The summed E-state index contributed by atoms with van der Waals surface area (Å²) in [6.07, 6.45) is 0. The van der Waals surface area contributed by atoms with Crippen LogP contribution in [0.25, 0.3) is 0 Å². The largest absolute Gasteiger partial charge is 0.337 e. The van der Waals surface area contributed by atoms with E-state index in [-0.39, 0.29) is 42.8 Å². The molecule has 8 heteroatoms. The molecule has 8 nitrogen and oxygen atoms in total. The van der Waals surface area contributed by atoms with Gasteiger partial charge in [-0.1, -0.05) is 27.7 Å². The molecule has 1 rings (SSSR count). The third-order valence-electron chi connectivity index (χ3n) is 6.14. The van der Waals surface area contributed by atoms with Crippen LogP contribution in [0.4, 0.5) is 0 Å². The molecule has 2 amide bonds. The number of carbonyl (C=O) groups excluding carboxylic acids is 2. The number of nitrogens with zero attached hydrogens (tertiary/aromatic N) is 4. The fraction of sp³-hybridized carbons (Fsp3) is 0.810. The van der Waals surface area contributed by atoms with Crippen LogP contribution in [0.5, 0.6) is 0 Å².